The normalized spacial score (nSPS) is 18.0. The van der Waals surface area contributed by atoms with Crippen molar-refractivity contribution in [2.24, 2.45) is 5.92 Å². The van der Waals surface area contributed by atoms with Crippen molar-refractivity contribution in [3.05, 3.63) is 64.7 Å². The molecular weight excluding hydrogens is 636 g/mol. The van der Waals surface area contributed by atoms with Gasteiger partial charge in [0, 0.05) is 24.4 Å². The van der Waals surface area contributed by atoms with Crippen LogP contribution in [0, 0.1) is 29.2 Å². The van der Waals surface area contributed by atoms with Crippen LogP contribution in [0.2, 0.25) is 0 Å². The lowest BCUT2D eigenvalue weighted by Gasteiger charge is -2.31. The van der Waals surface area contributed by atoms with Crippen LogP contribution in [0.5, 0.6) is 5.75 Å². The lowest BCUT2D eigenvalue weighted by molar-refractivity contribution is -0.156. The molecule has 2 atom stereocenters. The zero-order chi connectivity index (χ0) is 36.0. The van der Waals surface area contributed by atoms with Crippen LogP contribution in [0.25, 0.3) is 0 Å². The van der Waals surface area contributed by atoms with E-state index in [0.29, 0.717) is 25.7 Å². The molecule has 264 valence electrons. The van der Waals surface area contributed by atoms with E-state index in [9.17, 15) is 41.8 Å². The molecule has 0 saturated heterocycles. The summed E-state index contributed by atoms with van der Waals surface area (Å²) >= 11 is 0. The number of ether oxygens (including phenoxy) is 2. The van der Waals surface area contributed by atoms with Gasteiger partial charge < -0.3 is 25.2 Å². The van der Waals surface area contributed by atoms with Gasteiger partial charge >= 0.3 is 5.97 Å². The fourth-order valence-electron chi connectivity index (χ4n) is 5.53. The van der Waals surface area contributed by atoms with Crippen LogP contribution in [0.15, 0.2) is 30.3 Å². The van der Waals surface area contributed by atoms with Gasteiger partial charge in [-0.2, -0.15) is 8.78 Å². The van der Waals surface area contributed by atoms with E-state index in [1.807, 2.05) is 45.0 Å². The first-order chi connectivity index (χ1) is 22.3. The number of aliphatic hydroxyl groups is 1. The second kappa shape index (κ2) is 15.9. The van der Waals surface area contributed by atoms with Crippen molar-refractivity contribution in [2.75, 3.05) is 6.61 Å². The summed E-state index contributed by atoms with van der Waals surface area (Å²) in [5.74, 6) is -11.7. The lowest BCUT2D eigenvalue weighted by Crippen LogP contribution is -2.50. The van der Waals surface area contributed by atoms with E-state index in [4.69, 9.17) is 9.47 Å². The molecule has 0 spiro atoms. The number of Topliss-reactive ketones (excluding diaryl/α,β-unsaturated/α-hetero) is 1. The number of carbonyl (C=O) groups is 4. The molecule has 48 heavy (non-hydrogen) atoms. The summed E-state index contributed by atoms with van der Waals surface area (Å²) in [6, 6.07) is 5.76. The molecule has 1 unspecified atom stereocenters. The molecule has 2 aromatic carbocycles. The van der Waals surface area contributed by atoms with Crippen molar-refractivity contribution in [1.82, 2.24) is 10.6 Å². The molecule has 1 fully saturated rings. The highest BCUT2D eigenvalue weighted by molar-refractivity contribution is 6.36. The van der Waals surface area contributed by atoms with Crippen LogP contribution in [-0.2, 0) is 35.8 Å². The summed E-state index contributed by atoms with van der Waals surface area (Å²) < 4.78 is 65.5. The summed E-state index contributed by atoms with van der Waals surface area (Å²) in [7, 11) is 0. The minimum Gasteiger partial charge on any atom is -0.485 e. The molecule has 0 bridgehead atoms. The third-order valence-electron chi connectivity index (χ3n) is 7.93. The maximum absolute atomic E-state index is 14.1. The Kier molecular flexibility index (Phi) is 12.8. The highest BCUT2D eigenvalue weighted by Gasteiger charge is 2.34. The van der Waals surface area contributed by atoms with Gasteiger partial charge in [0.25, 0.3) is 5.91 Å². The van der Waals surface area contributed by atoms with Crippen LogP contribution in [0.4, 0.5) is 17.6 Å². The van der Waals surface area contributed by atoms with E-state index >= 15 is 0 Å². The number of hydrogen-bond acceptors (Lipinski definition) is 7. The first kappa shape index (κ1) is 38.4. The predicted octanol–water partition coefficient (Wildman–Crippen LogP) is 4.98. The molecular formula is C35H44F4N2O7. The molecule has 1 aliphatic carbocycles. The number of ketones is 1. The van der Waals surface area contributed by atoms with Gasteiger partial charge in [-0.3, -0.25) is 19.2 Å². The van der Waals surface area contributed by atoms with Gasteiger partial charge in [-0.25, -0.2) is 8.78 Å². The zero-order valence-corrected chi connectivity index (χ0v) is 28.1. The van der Waals surface area contributed by atoms with E-state index in [1.165, 1.54) is 0 Å². The summed E-state index contributed by atoms with van der Waals surface area (Å²) in [5, 5.41) is 16.1. The van der Waals surface area contributed by atoms with Gasteiger partial charge in [0.2, 0.25) is 23.3 Å². The van der Waals surface area contributed by atoms with Crippen molar-refractivity contribution in [2.45, 2.75) is 109 Å². The molecule has 0 radical (unpaired) electrons. The molecule has 3 N–H and O–H groups in total. The number of rotatable bonds is 12. The lowest BCUT2D eigenvalue weighted by atomic mass is 9.82. The van der Waals surface area contributed by atoms with Gasteiger partial charge in [0.15, 0.2) is 17.4 Å². The van der Waals surface area contributed by atoms with Crippen LogP contribution in [0.3, 0.4) is 0 Å². The Morgan fingerprint density at radius 3 is 2.06 bits per heavy atom. The highest BCUT2D eigenvalue weighted by Crippen LogP contribution is 2.29. The highest BCUT2D eigenvalue weighted by atomic mass is 19.2. The number of amides is 2. The smallest absolute Gasteiger partial charge is 0.308 e. The second-order valence-corrected chi connectivity index (χ2v) is 14.1. The Bertz CT molecular complexity index is 1470. The third-order valence-corrected chi connectivity index (χ3v) is 7.93. The van der Waals surface area contributed by atoms with E-state index < -0.39 is 89.3 Å². The van der Waals surface area contributed by atoms with Gasteiger partial charge in [-0.05, 0) is 63.0 Å². The van der Waals surface area contributed by atoms with Crippen LogP contribution < -0.4 is 15.4 Å². The molecule has 0 aliphatic heterocycles. The predicted molar refractivity (Wildman–Crippen MR) is 168 cm³/mol. The number of carbonyl (C=O) groups excluding carboxylic acids is 4. The fraction of sp³-hybridized carbons (Fsp3) is 0.543. The minimum atomic E-state index is -1.81. The maximum atomic E-state index is 14.1. The van der Waals surface area contributed by atoms with Gasteiger partial charge in [-0.15, -0.1) is 0 Å². The number of halogens is 4. The fourth-order valence-corrected chi connectivity index (χ4v) is 5.53. The number of nitrogens with one attached hydrogen (secondary N) is 2. The molecule has 3 rings (SSSR count). The topological polar surface area (TPSA) is 131 Å². The van der Waals surface area contributed by atoms with Crippen LogP contribution in [-0.4, -0.2) is 59.1 Å². The summed E-state index contributed by atoms with van der Waals surface area (Å²) in [6.45, 7) is 9.97. The quantitative estimate of drug-likeness (QED) is 0.125. The molecule has 0 heterocycles. The number of benzene rings is 2. The monoisotopic (exact) mass is 680 g/mol. The van der Waals surface area contributed by atoms with E-state index in [2.05, 4.69) is 10.6 Å². The average molecular weight is 681 g/mol. The number of esters is 1. The van der Waals surface area contributed by atoms with Crippen molar-refractivity contribution in [1.29, 1.82) is 0 Å². The number of hydrogen-bond donors (Lipinski definition) is 3. The Morgan fingerprint density at radius 2 is 1.50 bits per heavy atom. The second-order valence-electron chi connectivity index (χ2n) is 14.1. The van der Waals surface area contributed by atoms with E-state index in [-0.39, 0.29) is 23.9 Å². The molecule has 9 nitrogen and oxygen atoms in total. The molecule has 1 aliphatic rings. The van der Waals surface area contributed by atoms with Gasteiger partial charge in [-0.1, -0.05) is 45.0 Å². The standard InChI is InChI=1S/C35H44F4N2O7/c1-34(2,3)22-10-8-7-9-20(22)15-26(42)33(46)40-21-13-11-19(12-14-21)32(45)41-25(17-28(44)48-35(4,5)6)27(43)18-47-31-29(38)23(36)16-24(37)30(31)39/h7-10,16,19,21,25,27,43H,11-15,17-18H2,1-6H3,(H,40,46)(H,41,45)/t19?,21?,25-,27?/m0/s1. The van der Waals surface area contributed by atoms with E-state index in [0.717, 1.165) is 11.1 Å². The SMILES string of the molecule is CC(C)(C)OC(=O)C[C@H](NC(=O)C1CCC(NC(=O)C(=O)Cc2ccccc2C(C)(C)C)CC1)C(O)COc1c(F)c(F)cc(F)c1F. The Morgan fingerprint density at radius 1 is 0.917 bits per heavy atom. The first-order valence-corrected chi connectivity index (χ1v) is 15.8. The molecule has 1 saturated carbocycles. The largest absolute Gasteiger partial charge is 0.485 e. The molecule has 13 heteroatoms. The molecule has 0 aromatic heterocycles. The Hall–Kier alpha value is -4.00. The summed E-state index contributed by atoms with van der Waals surface area (Å²) in [6.07, 6.45) is -0.983. The zero-order valence-electron chi connectivity index (χ0n) is 28.1. The Balaban J connectivity index is 1.60. The number of aliphatic hydroxyl groups excluding tert-OH is 1. The summed E-state index contributed by atoms with van der Waals surface area (Å²) in [4.78, 5) is 51.3. The maximum Gasteiger partial charge on any atom is 0.308 e. The Labute approximate surface area is 277 Å². The first-order valence-electron chi connectivity index (χ1n) is 15.8. The van der Waals surface area contributed by atoms with Crippen LogP contribution >= 0.6 is 0 Å². The average Bonchev–Trinajstić information content (AvgIpc) is 2.98. The molecule has 2 amide bonds. The van der Waals surface area contributed by atoms with Crippen molar-refractivity contribution < 1.29 is 51.3 Å². The van der Waals surface area contributed by atoms with Gasteiger partial charge in [0.1, 0.15) is 18.3 Å². The van der Waals surface area contributed by atoms with Gasteiger partial charge in [0.05, 0.1) is 12.5 Å². The minimum absolute atomic E-state index is 0.00476. The van der Waals surface area contributed by atoms with E-state index in [1.54, 1.807) is 20.8 Å². The van der Waals surface area contributed by atoms with Crippen LogP contribution in [0.1, 0.15) is 84.8 Å². The molecule has 2 aromatic rings. The third kappa shape index (κ3) is 10.8. The van der Waals surface area contributed by atoms with Crippen molar-refractivity contribution in [3.63, 3.8) is 0 Å². The van der Waals surface area contributed by atoms with Crippen molar-refractivity contribution >= 4 is 23.6 Å². The summed E-state index contributed by atoms with van der Waals surface area (Å²) in [5.41, 5.74) is 0.634. The van der Waals surface area contributed by atoms with Crippen molar-refractivity contribution in [3.8, 4) is 5.75 Å².